The number of benzene rings is 1. The molecule has 0 fully saturated rings. The fraction of sp³-hybridized carbons (Fsp3) is 0.214. The third kappa shape index (κ3) is 3.46. The molecule has 0 saturated heterocycles. The first-order chi connectivity index (χ1) is 9.38. The van der Waals surface area contributed by atoms with Crippen LogP contribution in [0.4, 0.5) is 0 Å². The van der Waals surface area contributed by atoms with Crippen molar-refractivity contribution >= 4 is 27.1 Å². The normalized spacial score (nSPS) is 12.4. The van der Waals surface area contributed by atoms with Crippen molar-refractivity contribution in [2.24, 2.45) is 5.10 Å². The average molecular weight is 308 g/mol. The summed E-state index contributed by atoms with van der Waals surface area (Å²) in [6.45, 7) is 5.69. The van der Waals surface area contributed by atoms with Crippen LogP contribution in [-0.4, -0.2) is 14.1 Å². The number of hydrogen-bond donors (Lipinski definition) is 1. The Morgan fingerprint density at radius 1 is 1.10 bits per heavy atom. The van der Waals surface area contributed by atoms with E-state index in [1.165, 1.54) is 0 Å². The summed E-state index contributed by atoms with van der Waals surface area (Å²) in [5.74, 6) is 0. The molecule has 20 heavy (non-hydrogen) atoms. The Morgan fingerprint density at radius 2 is 1.75 bits per heavy atom. The maximum atomic E-state index is 12.1. The van der Waals surface area contributed by atoms with Gasteiger partial charge in [-0.25, -0.2) is 0 Å². The van der Waals surface area contributed by atoms with E-state index in [2.05, 4.69) is 9.93 Å². The summed E-state index contributed by atoms with van der Waals surface area (Å²) in [5.41, 5.74) is 1.66. The lowest BCUT2D eigenvalue weighted by molar-refractivity contribution is 0.584. The molecule has 0 amide bonds. The van der Waals surface area contributed by atoms with Crippen LogP contribution in [-0.2, 0) is 10.0 Å². The number of hydrogen-bond acceptors (Lipinski definition) is 4. The smallest absolute Gasteiger partial charge is 0.200 e. The molecule has 106 valence electrons. The second-order valence-corrected chi connectivity index (χ2v) is 7.46. The van der Waals surface area contributed by atoms with Crippen LogP contribution in [0.1, 0.15) is 22.2 Å². The van der Waals surface area contributed by atoms with Crippen LogP contribution in [0.3, 0.4) is 0 Å². The highest BCUT2D eigenvalue weighted by Crippen LogP contribution is 2.16. The molecule has 0 aliphatic carbocycles. The van der Waals surface area contributed by atoms with Gasteiger partial charge in [-0.05, 0) is 45.0 Å². The predicted octanol–water partition coefficient (Wildman–Crippen LogP) is 3.07. The fourth-order valence-electron chi connectivity index (χ4n) is 1.58. The molecule has 0 spiro atoms. The lowest BCUT2D eigenvalue weighted by atomic mass is 10.2. The van der Waals surface area contributed by atoms with Crippen molar-refractivity contribution < 1.29 is 8.42 Å². The summed E-state index contributed by atoms with van der Waals surface area (Å²) in [6, 6.07) is 10.6. The zero-order chi connectivity index (χ0) is 14.8. The molecule has 0 bridgehead atoms. The number of hydrazone groups is 1. The van der Waals surface area contributed by atoms with Gasteiger partial charge in [-0.1, -0.05) is 17.7 Å². The van der Waals surface area contributed by atoms with Gasteiger partial charge >= 0.3 is 0 Å². The van der Waals surface area contributed by atoms with E-state index >= 15 is 0 Å². The lowest BCUT2D eigenvalue weighted by Crippen LogP contribution is -2.19. The first kappa shape index (κ1) is 14.7. The zero-order valence-corrected chi connectivity index (χ0v) is 13.2. The van der Waals surface area contributed by atoms with E-state index in [0.29, 0.717) is 5.71 Å². The molecule has 1 heterocycles. The Balaban J connectivity index is 2.18. The van der Waals surface area contributed by atoms with Crippen molar-refractivity contribution in [2.75, 3.05) is 0 Å². The summed E-state index contributed by atoms with van der Waals surface area (Å²) in [4.78, 5) is 4.60. The molecule has 0 aliphatic rings. The van der Waals surface area contributed by atoms with E-state index in [-0.39, 0.29) is 4.90 Å². The van der Waals surface area contributed by atoms with Crippen LogP contribution >= 0.6 is 11.3 Å². The molecular weight excluding hydrogens is 292 g/mol. The molecule has 0 radical (unpaired) electrons. The largest absolute Gasteiger partial charge is 0.276 e. The first-order valence-corrected chi connectivity index (χ1v) is 8.38. The van der Waals surface area contributed by atoms with Crippen LogP contribution in [0.5, 0.6) is 0 Å². The average Bonchev–Trinajstić information content (AvgIpc) is 2.83. The van der Waals surface area contributed by atoms with Crippen molar-refractivity contribution in [3.05, 3.63) is 51.7 Å². The van der Waals surface area contributed by atoms with E-state index in [9.17, 15) is 8.42 Å². The number of thiophene rings is 1. The Hall–Kier alpha value is -1.66. The van der Waals surface area contributed by atoms with Crippen LogP contribution in [0, 0.1) is 13.8 Å². The standard InChI is InChI=1S/C14H16N2O2S2/c1-10-4-7-13(8-5-10)20(17,18)16-15-12(3)14-9-6-11(2)19-14/h4-9,16H,1-3H3/b15-12-. The van der Waals surface area contributed by atoms with Gasteiger partial charge in [-0.2, -0.15) is 18.4 Å². The number of sulfonamides is 1. The number of rotatable bonds is 4. The van der Waals surface area contributed by atoms with Crippen LogP contribution in [0.2, 0.25) is 0 Å². The van der Waals surface area contributed by atoms with Gasteiger partial charge in [0.25, 0.3) is 10.0 Å². The van der Waals surface area contributed by atoms with Crippen molar-refractivity contribution in [1.82, 2.24) is 4.83 Å². The molecule has 6 heteroatoms. The van der Waals surface area contributed by atoms with E-state index < -0.39 is 10.0 Å². The SMILES string of the molecule is C/C(=N/NS(=O)(=O)c1ccc(C)cc1)c1ccc(C)s1. The second-order valence-electron chi connectivity index (χ2n) is 4.52. The van der Waals surface area contributed by atoms with Gasteiger partial charge in [0.05, 0.1) is 15.5 Å². The van der Waals surface area contributed by atoms with Crippen LogP contribution in [0.15, 0.2) is 46.4 Å². The van der Waals surface area contributed by atoms with E-state index in [0.717, 1.165) is 15.3 Å². The fourth-order valence-corrected chi connectivity index (χ4v) is 3.25. The van der Waals surface area contributed by atoms with Crippen LogP contribution in [0.25, 0.3) is 0 Å². The third-order valence-corrected chi connectivity index (χ3v) is 5.10. The van der Waals surface area contributed by atoms with Crippen LogP contribution < -0.4 is 4.83 Å². The quantitative estimate of drug-likeness (QED) is 0.697. The topological polar surface area (TPSA) is 58.5 Å². The van der Waals surface area contributed by atoms with Crippen molar-refractivity contribution in [1.29, 1.82) is 0 Å². The molecule has 1 N–H and O–H groups in total. The molecule has 0 aliphatic heterocycles. The minimum absolute atomic E-state index is 0.210. The molecule has 4 nitrogen and oxygen atoms in total. The zero-order valence-electron chi connectivity index (χ0n) is 11.5. The highest BCUT2D eigenvalue weighted by Gasteiger charge is 2.12. The second kappa shape index (κ2) is 5.76. The predicted molar refractivity (Wildman–Crippen MR) is 82.8 cm³/mol. The summed E-state index contributed by atoms with van der Waals surface area (Å²) >= 11 is 1.58. The van der Waals surface area contributed by atoms with Crippen molar-refractivity contribution in [3.8, 4) is 0 Å². The molecular formula is C14H16N2O2S2. The minimum Gasteiger partial charge on any atom is -0.200 e. The first-order valence-electron chi connectivity index (χ1n) is 6.08. The van der Waals surface area contributed by atoms with E-state index in [1.54, 1.807) is 42.5 Å². The summed E-state index contributed by atoms with van der Waals surface area (Å²) in [7, 11) is -3.61. The molecule has 0 atom stereocenters. The summed E-state index contributed by atoms with van der Waals surface area (Å²) in [5, 5.41) is 3.97. The summed E-state index contributed by atoms with van der Waals surface area (Å²) in [6.07, 6.45) is 0. The number of nitrogens with one attached hydrogen (secondary N) is 1. The lowest BCUT2D eigenvalue weighted by Gasteiger charge is -2.04. The van der Waals surface area contributed by atoms with E-state index in [4.69, 9.17) is 0 Å². The van der Waals surface area contributed by atoms with Gasteiger partial charge in [0, 0.05) is 4.88 Å². The molecule has 1 aromatic heterocycles. The van der Waals surface area contributed by atoms with Gasteiger partial charge < -0.3 is 0 Å². The Morgan fingerprint density at radius 3 is 2.30 bits per heavy atom. The Labute approximate surface area is 123 Å². The minimum atomic E-state index is -3.61. The van der Waals surface area contributed by atoms with Crippen molar-refractivity contribution in [2.45, 2.75) is 25.7 Å². The number of aryl methyl sites for hydroxylation is 2. The molecule has 0 saturated carbocycles. The van der Waals surface area contributed by atoms with Gasteiger partial charge in [0.1, 0.15) is 0 Å². The van der Waals surface area contributed by atoms with Gasteiger partial charge in [-0.3, -0.25) is 0 Å². The molecule has 0 unspecified atom stereocenters. The van der Waals surface area contributed by atoms with Crippen molar-refractivity contribution in [3.63, 3.8) is 0 Å². The highest BCUT2D eigenvalue weighted by molar-refractivity contribution is 7.89. The third-order valence-electron chi connectivity index (χ3n) is 2.76. The maximum Gasteiger partial charge on any atom is 0.276 e. The maximum absolute atomic E-state index is 12.1. The number of nitrogens with zero attached hydrogens (tertiary/aromatic N) is 1. The molecule has 2 rings (SSSR count). The van der Waals surface area contributed by atoms with E-state index in [1.807, 2.05) is 26.0 Å². The molecule has 2 aromatic rings. The Kier molecular flexibility index (Phi) is 4.25. The Bertz CT molecular complexity index is 729. The summed E-state index contributed by atoms with van der Waals surface area (Å²) < 4.78 is 24.1. The highest BCUT2D eigenvalue weighted by atomic mass is 32.2. The molecule has 1 aromatic carbocycles. The van der Waals surface area contributed by atoms with Gasteiger partial charge in [-0.15, -0.1) is 11.3 Å². The van der Waals surface area contributed by atoms with Gasteiger partial charge in [0.15, 0.2) is 0 Å². The monoisotopic (exact) mass is 308 g/mol. The van der Waals surface area contributed by atoms with Gasteiger partial charge in [0.2, 0.25) is 0 Å².